The highest BCUT2D eigenvalue weighted by molar-refractivity contribution is 5.72. The van der Waals surface area contributed by atoms with Crippen LogP contribution in [0.25, 0.3) is 0 Å². The van der Waals surface area contributed by atoms with E-state index >= 15 is 0 Å². The highest BCUT2D eigenvalue weighted by Crippen LogP contribution is 2.06. The molecule has 0 radical (unpaired) electrons. The minimum atomic E-state index is -0.161. The molecular formula is C9H19NO3. The summed E-state index contributed by atoms with van der Waals surface area (Å²) >= 11 is 0. The molecule has 0 saturated carbocycles. The molecule has 0 aliphatic carbocycles. The van der Waals surface area contributed by atoms with Gasteiger partial charge in [0.1, 0.15) is 0 Å². The third-order valence-electron chi connectivity index (χ3n) is 1.79. The van der Waals surface area contributed by atoms with Crippen LogP contribution in [0.1, 0.15) is 6.42 Å². The number of hydrogen-bond acceptors (Lipinski definition) is 4. The lowest BCUT2D eigenvalue weighted by Crippen LogP contribution is -2.29. The summed E-state index contributed by atoms with van der Waals surface area (Å²) in [6.07, 6.45) is 0.710. The molecule has 0 saturated heterocycles. The molecular weight excluding hydrogens is 170 g/mol. The topological polar surface area (TPSA) is 38.8 Å². The van der Waals surface area contributed by atoms with Gasteiger partial charge in [-0.05, 0) is 20.5 Å². The Hall–Kier alpha value is -0.610. The average Bonchev–Trinajstić information content (AvgIpc) is 2.10. The summed E-state index contributed by atoms with van der Waals surface area (Å²) in [6, 6.07) is 0. The Morgan fingerprint density at radius 1 is 1.38 bits per heavy atom. The number of hydrogen-bond donors (Lipinski definition) is 0. The molecule has 4 heteroatoms. The van der Waals surface area contributed by atoms with Crippen LogP contribution in [0.4, 0.5) is 0 Å². The highest BCUT2D eigenvalue weighted by Gasteiger charge is 2.19. The second-order valence-corrected chi connectivity index (χ2v) is 3.26. The minimum Gasteiger partial charge on any atom is -0.469 e. The van der Waals surface area contributed by atoms with Gasteiger partial charge in [-0.15, -0.1) is 0 Å². The van der Waals surface area contributed by atoms with Gasteiger partial charge < -0.3 is 14.4 Å². The quantitative estimate of drug-likeness (QED) is 0.566. The fourth-order valence-corrected chi connectivity index (χ4v) is 1.15. The SMILES string of the molecule is COCCC(CN(C)C)C(=O)OC. The van der Waals surface area contributed by atoms with Crippen LogP contribution in [0.2, 0.25) is 0 Å². The van der Waals surface area contributed by atoms with Crippen LogP contribution >= 0.6 is 0 Å². The van der Waals surface area contributed by atoms with Crippen LogP contribution in [0.5, 0.6) is 0 Å². The van der Waals surface area contributed by atoms with Crippen LogP contribution in [-0.2, 0) is 14.3 Å². The summed E-state index contributed by atoms with van der Waals surface area (Å²) in [5, 5.41) is 0. The molecule has 0 aromatic rings. The Morgan fingerprint density at radius 2 is 2.00 bits per heavy atom. The lowest BCUT2D eigenvalue weighted by Gasteiger charge is -2.18. The van der Waals surface area contributed by atoms with Crippen molar-refractivity contribution in [2.75, 3.05) is 41.5 Å². The van der Waals surface area contributed by atoms with E-state index in [4.69, 9.17) is 4.74 Å². The van der Waals surface area contributed by atoms with Crippen molar-refractivity contribution >= 4 is 5.97 Å². The van der Waals surface area contributed by atoms with Crippen molar-refractivity contribution < 1.29 is 14.3 Å². The van der Waals surface area contributed by atoms with E-state index in [1.807, 2.05) is 19.0 Å². The Bertz CT molecular complexity index is 148. The molecule has 1 unspecified atom stereocenters. The maximum absolute atomic E-state index is 11.2. The normalized spacial score (nSPS) is 13.0. The number of nitrogens with zero attached hydrogens (tertiary/aromatic N) is 1. The Labute approximate surface area is 79.8 Å². The van der Waals surface area contributed by atoms with Gasteiger partial charge in [-0.3, -0.25) is 4.79 Å². The molecule has 0 aliphatic heterocycles. The van der Waals surface area contributed by atoms with E-state index in [0.717, 1.165) is 0 Å². The van der Waals surface area contributed by atoms with Crippen molar-refractivity contribution in [1.82, 2.24) is 4.90 Å². The molecule has 0 bridgehead atoms. The second-order valence-electron chi connectivity index (χ2n) is 3.26. The van der Waals surface area contributed by atoms with Gasteiger partial charge in [-0.25, -0.2) is 0 Å². The largest absolute Gasteiger partial charge is 0.469 e. The zero-order chi connectivity index (χ0) is 10.3. The molecule has 0 aromatic heterocycles. The predicted molar refractivity (Wildman–Crippen MR) is 50.6 cm³/mol. The second kappa shape index (κ2) is 6.86. The summed E-state index contributed by atoms with van der Waals surface area (Å²) in [4.78, 5) is 13.2. The Morgan fingerprint density at radius 3 is 2.38 bits per heavy atom. The maximum atomic E-state index is 11.2. The fraction of sp³-hybridized carbons (Fsp3) is 0.889. The molecule has 78 valence electrons. The van der Waals surface area contributed by atoms with E-state index in [0.29, 0.717) is 19.6 Å². The molecule has 1 atom stereocenters. The van der Waals surface area contributed by atoms with E-state index in [9.17, 15) is 4.79 Å². The Kier molecular flexibility index (Phi) is 6.54. The number of carbonyl (C=O) groups excluding carboxylic acids is 1. The van der Waals surface area contributed by atoms with Crippen LogP contribution in [-0.4, -0.2) is 52.3 Å². The van der Waals surface area contributed by atoms with Gasteiger partial charge in [0.15, 0.2) is 0 Å². The van der Waals surface area contributed by atoms with Crippen molar-refractivity contribution in [2.45, 2.75) is 6.42 Å². The molecule has 0 amide bonds. The third kappa shape index (κ3) is 5.60. The summed E-state index contributed by atoms with van der Waals surface area (Å²) in [7, 11) is 6.91. The zero-order valence-electron chi connectivity index (χ0n) is 8.87. The van der Waals surface area contributed by atoms with Crippen molar-refractivity contribution in [2.24, 2.45) is 5.92 Å². The van der Waals surface area contributed by atoms with Gasteiger partial charge in [0.2, 0.25) is 0 Å². The van der Waals surface area contributed by atoms with E-state index in [-0.39, 0.29) is 11.9 Å². The lowest BCUT2D eigenvalue weighted by molar-refractivity contribution is -0.146. The first-order chi connectivity index (χ1) is 6.11. The van der Waals surface area contributed by atoms with E-state index in [2.05, 4.69) is 4.74 Å². The summed E-state index contributed by atoms with van der Waals surface area (Å²) < 4.78 is 9.61. The van der Waals surface area contributed by atoms with Gasteiger partial charge in [-0.1, -0.05) is 0 Å². The van der Waals surface area contributed by atoms with Crippen LogP contribution in [0.3, 0.4) is 0 Å². The van der Waals surface area contributed by atoms with Gasteiger partial charge >= 0.3 is 5.97 Å². The molecule has 0 aromatic carbocycles. The van der Waals surface area contributed by atoms with Crippen molar-refractivity contribution in [1.29, 1.82) is 0 Å². The van der Waals surface area contributed by atoms with Gasteiger partial charge in [0.05, 0.1) is 13.0 Å². The van der Waals surface area contributed by atoms with Crippen molar-refractivity contribution in [3.05, 3.63) is 0 Å². The predicted octanol–water partition coefficient (Wildman–Crippen LogP) is 0.374. The highest BCUT2D eigenvalue weighted by atomic mass is 16.5. The van der Waals surface area contributed by atoms with Crippen LogP contribution in [0, 0.1) is 5.92 Å². The maximum Gasteiger partial charge on any atom is 0.310 e. The molecule has 13 heavy (non-hydrogen) atoms. The number of esters is 1. The first-order valence-corrected chi connectivity index (χ1v) is 4.33. The third-order valence-corrected chi connectivity index (χ3v) is 1.79. The Balaban J connectivity index is 3.94. The molecule has 0 rings (SSSR count). The summed E-state index contributed by atoms with van der Waals surface area (Å²) in [5.41, 5.74) is 0. The summed E-state index contributed by atoms with van der Waals surface area (Å²) in [5.74, 6) is -0.245. The minimum absolute atomic E-state index is 0.0834. The van der Waals surface area contributed by atoms with Crippen LogP contribution in [0.15, 0.2) is 0 Å². The van der Waals surface area contributed by atoms with E-state index in [1.165, 1.54) is 7.11 Å². The monoisotopic (exact) mass is 189 g/mol. The number of rotatable bonds is 6. The molecule has 0 heterocycles. The van der Waals surface area contributed by atoms with E-state index in [1.54, 1.807) is 7.11 Å². The standard InChI is InChI=1S/C9H19NO3/c1-10(2)7-8(5-6-12-3)9(11)13-4/h8H,5-7H2,1-4H3. The van der Waals surface area contributed by atoms with E-state index < -0.39 is 0 Å². The molecule has 0 spiro atoms. The lowest BCUT2D eigenvalue weighted by atomic mass is 10.1. The smallest absolute Gasteiger partial charge is 0.310 e. The first-order valence-electron chi connectivity index (χ1n) is 4.33. The van der Waals surface area contributed by atoms with Crippen molar-refractivity contribution in [3.63, 3.8) is 0 Å². The molecule has 0 fully saturated rings. The van der Waals surface area contributed by atoms with Gasteiger partial charge in [0, 0.05) is 20.3 Å². The number of methoxy groups -OCH3 is 2. The van der Waals surface area contributed by atoms with Crippen LogP contribution < -0.4 is 0 Å². The van der Waals surface area contributed by atoms with Gasteiger partial charge in [0.25, 0.3) is 0 Å². The van der Waals surface area contributed by atoms with Crippen molar-refractivity contribution in [3.8, 4) is 0 Å². The summed E-state index contributed by atoms with van der Waals surface area (Å²) in [6.45, 7) is 1.30. The number of carbonyl (C=O) groups is 1. The molecule has 0 N–H and O–H groups in total. The first kappa shape index (κ1) is 12.4. The number of ether oxygens (including phenoxy) is 2. The zero-order valence-corrected chi connectivity index (χ0v) is 8.87. The molecule has 4 nitrogen and oxygen atoms in total. The average molecular weight is 189 g/mol. The van der Waals surface area contributed by atoms with Gasteiger partial charge in [-0.2, -0.15) is 0 Å². The fourth-order valence-electron chi connectivity index (χ4n) is 1.15. The molecule has 0 aliphatic rings.